The Hall–Kier alpha value is -0.450. The van der Waals surface area contributed by atoms with Crippen LogP contribution in [-0.4, -0.2) is 35.6 Å². The number of likely N-dealkylation sites (tertiary alicyclic amines) is 1. The van der Waals surface area contributed by atoms with Crippen LogP contribution in [0.2, 0.25) is 0 Å². The molecule has 0 radical (unpaired) electrons. The van der Waals surface area contributed by atoms with Gasteiger partial charge in [-0.15, -0.1) is 11.3 Å². The van der Waals surface area contributed by atoms with Crippen LogP contribution in [0.5, 0.6) is 0 Å². The molecule has 0 bridgehead atoms. The van der Waals surface area contributed by atoms with Crippen LogP contribution in [0, 0.1) is 5.92 Å². The summed E-state index contributed by atoms with van der Waals surface area (Å²) < 4.78 is 0. The maximum Gasteiger partial charge on any atom is 0.0795 e. The highest BCUT2D eigenvalue weighted by atomic mass is 32.1. The number of thiazole rings is 1. The van der Waals surface area contributed by atoms with Gasteiger partial charge in [-0.25, -0.2) is 4.98 Å². The van der Waals surface area contributed by atoms with Gasteiger partial charge in [0, 0.05) is 24.5 Å². The van der Waals surface area contributed by atoms with E-state index in [1.165, 1.54) is 31.7 Å². The monoisotopic (exact) mass is 209 g/mol. The molecule has 1 aromatic heterocycles. The fraction of sp³-hybridized carbons (Fsp3) is 0.700. The maximum atomic E-state index is 4.35. The summed E-state index contributed by atoms with van der Waals surface area (Å²) in [6, 6.07) is 0.775. The topological polar surface area (TPSA) is 28.2 Å². The van der Waals surface area contributed by atoms with Crippen LogP contribution < -0.4 is 5.32 Å². The fourth-order valence-electron chi connectivity index (χ4n) is 2.66. The van der Waals surface area contributed by atoms with Crippen molar-refractivity contribution in [1.29, 1.82) is 0 Å². The molecule has 0 spiro atoms. The Kier molecular flexibility index (Phi) is 2.27. The van der Waals surface area contributed by atoms with Gasteiger partial charge in [0.1, 0.15) is 0 Å². The molecule has 1 aromatic rings. The molecule has 0 saturated carbocycles. The van der Waals surface area contributed by atoms with Gasteiger partial charge in [-0.2, -0.15) is 0 Å². The van der Waals surface area contributed by atoms with Crippen LogP contribution in [-0.2, 0) is 6.54 Å². The highest BCUT2D eigenvalue weighted by Crippen LogP contribution is 2.28. The number of hydrogen-bond acceptors (Lipinski definition) is 4. The van der Waals surface area contributed by atoms with Gasteiger partial charge in [-0.1, -0.05) is 0 Å². The lowest BCUT2D eigenvalue weighted by molar-refractivity contribution is 0.241. The lowest BCUT2D eigenvalue weighted by atomic mass is 10.1. The lowest BCUT2D eigenvalue weighted by Gasteiger charge is -2.21. The summed E-state index contributed by atoms with van der Waals surface area (Å²) in [6.07, 6.45) is 1.36. The number of fused-ring (bicyclic) bond motifs is 1. The molecule has 3 heterocycles. The third-order valence-corrected chi connectivity index (χ3v) is 4.04. The number of aromatic nitrogens is 1. The summed E-state index contributed by atoms with van der Waals surface area (Å²) >= 11 is 1.69. The molecule has 0 amide bonds. The van der Waals surface area contributed by atoms with Crippen LogP contribution in [0.1, 0.15) is 12.1 Å². The predicted octanol–water partition coefficient (Wildman–Crippen LogP) is 0.937. The van der Waals surface area contributed by atoms with E-state index < -0.39 is 0 Å². The predicted molar refractivity (Wildman–Crippen MR) is 57.3 cm³/mol. The summed E-state index contributed by atoms with van der Waals surface area (Å²) in [7, 11) is 0. The number of nitrogens with zero attached hydrogens (tertiary/aromatic N) is 2. The average molecular weight is 209 g/mol. The van der Waals surface area contributed by atoms with Gasteiger partial charge >= 0.3 is 0 Å². The second kappa shape index (κ2) is 3.61. The Morgan fingerprint density at radius 2 is 2.57 bits per heavy atom. The first kappa shape index (κ1) is 8.83. The van der Waals surface area contributed by atoms with E-state index in [0.29, 0.717) is 0 Å². The zero-order valence-corrected chi connectivity index (χ0v) is 8.96. The van der Waals surface area contributed by atoms with Gasteiger partial charge in [-0.05, 0) is 25.4 Å². The Balaban J connectivity index is 1.68. The summed E-state index contributed by atoms with van der Waals surface area (Å²) in [5.41, 5.74) is 3.16. The number of rotatable bonds is 2. The quantitative estimate of drug-likeness (QED) is 0.785. The number of hydrogen-bond donors (Lipinski definition) is 1. The molecular formula is C10H15N3S. The van der Waals surface area contributed by atoms with Crippen LogP contribution in [0.3, 0.4) is 0 Å². The van der Waals surface area contributed by atoms with Crippen molar-refractivity contribution in [1.82, 2.24) is 15.2 Å². The first-order valence-electron chi connectivity index (χ1n) is 5.25. The normalized spacial score (nSPS) is 32.3. The van der Waals surface area contributed by atoms with E-state index in [9.17, 15) is 0 Å². The van der Waals surface area contributed by atoms with E-state index in [2.05, 4.69) is 20.6 Å². The van der Waals surface area contributed by atoms with Gasteiger partial charge < -0.3 is 5.32 Å². The van der Waals surface area contributed by atoms with Crippen molar-refractivity contribution in [3.63, 3.8) is 0 Å². The summed E-state index contributed by atoms with van der Waals surface area (Å²) in [5.74, 6) is 0.897. The second-order valence-electron chi connectivity index (χ2n) is 4.22. The van der Waals surface area contributed by atoms with Gasteiger partial charge in [0.05, 0.1) is 11.2 Å². The van der Waals surface area contributed by atoms with Gasteiger partial charge in [0.2, 0.25) is 0 Å². The molecule has 1 N–H and O–H groups in total. The first-order chi connectivity index (χ1) is 6.93. The third-order valence-electron chi connectivity index (χ3n) is 3.41. The molecule has 3 rings (SSSR count). The zero-order valence-electron chi connectivity index (χ0n) is 8.15. The van der Waals surface area contributed by atoms with Gasteiger partial charge in [-0.3, -0.25) is 4.90 Å². The lowest BCUT2D eigenvalue weighted by Crippen LogP contribution is -2.33. The summed E-state index contributed by atoms with van der Waals surface area (Å²) in [5, 5.41) is 5.64. The molecule has 4 heteroatoms. The molecule has 0 aliphatic carbocycles. The van der Waals surface area contributed by atoms with E-state index in [1.807, 2.05) is 5.51 Å². The fourth-order valence-corrected chi connectivity index (χ4v) is 3.21. The van der Waals surface area contributed by atoms with E-state index in [0.717, 1.165) is 18.5 Å². The molecule has 2 aliphatic rings. The zero-order chi connectivity index (χ0) is 9.38. The van der Waals surface area contributed by atoms with Crippen molar-refractivity contribution >= 4 is 11.3 Å². The van der Waals surface area contributed by atoms with Crippen molar-refractivity contribution in [3.05, 3.63) is 16.6 Å². The second-order valence-corrected chi connectivity index (χ2v) is 4.94. The molecule has 2 aliphatic heterocycles. The van der Waals surface area contributed by atoms with Gasteiger partial charge in [0.15, 0.2) is 0 Å². The molecular weight excluding hydrogens is 194 g/mol. The highest BCUT2D eigenvalue weighted by molar-refractivity contribution is 7.07. The molecule has 2 atom stereocenters. The SMILES string of the molecule is c1nc(CN2CC[C@H]3CNC[C@H]32)cs1. The summed E-state index contributed by atoms with van der Waals surface area (Å²) in [6.45, 7) is 4.70. The van der Waals surface area contributed by atoms with E-state index in [1.54, 1.807) is 11.3 Å². The Morgan fingerprint density at radius 3 is 3.43 bits per heavy atom. The smallest absolute Gasteiger partial charge is 0.0795 e. The van der Waals surface area contributed by atoms with Crippen molar-refractivity contribution < 1.29 is 0 Å². The third kappa shape index (κ3) is 1.47. The van der Waals surface area contributed by atoms with Crippen molar-refractivity contribution in [3.8, 4) is 0 Å². The minimum atomic E-state index is 0.775. The van der Waals surface area contributed by atoms with E-state index in [-0.39, 0.29) is 0 Å². The molecule has 14 heavy (non-hydrogen) atoms. The summed E-state index contributed by atoms with van der Waals surface area (Å²) in [4.78, 5) is 6.93. The van der Waals surface area contributed by atoms with E-state index >= 15 is 0 Å². The average Bonchev–Trinajstić information content (AvgIpc) is 2.85. The van der Waals surface area contributed by atoms with Crippen molar-refractivity contribution in [2.75, 3.05) is 19.6 Å². The minimum Gasteiger partial charge on any atom is -0.315 e. The Bertz CT molecular complexity index is 298. The highest BCUT2D eigenvalue weighted by Gasteiger charge is 2.37. The number of nitrogens with one attached hydrogen (secondary N) is 1. The molecule has 2 saturated heterocycles. The maximum absolute atomic E-state index is 4.35. The van der Waals surface area contributed by atoms with E-state index in [4.69, 9.17) is 0 Å². The molecule has 76 valence electrons. The van der Waals surface area contributed by atoms with Crippen molar-refractivity contribution in [2.24, 2.45) is 5.92 Å². The first-order valence-corrected chi connectivity index (χ1v) is 6.19. The van der Waals surface area contributed by atoms with Crippen LogP contribution in [0.15, 0.2) is 10.9 Å². The van der Waals surface area contributed by atoms with Crippen LogP contribution in [0.4, 0.5) is 0 Å². The molecule has 2 fully saturated rings. The Labute approximate surface area is 88.1 Å². The van der Waals surface area contributed by atoms with Crippen LogP contribution in [0.25, 0.3) is 0 Å². The van der Waals surface area contributed by atoms with Crippen LogP contribution >= 0.6 is 11.3 Å². The van der Waals surface area contributed by atoms with Gasteiger partial charge in [0.25, 0.3) is 0 Å². The van der Waals surface area contributed by atoms with Crippen molar-refractivity contribution in [2.45, 2.75) is 19.0 Å². The standard InChI is InChI=1S/C10H15N3S/c1-2-13(5-9-6-14-7-12-9)10-4-11-3-8(1)10/h6-8,10-11H,1-5H2/t8-,10+/m0/s1. The Morgan fingerprint density at radius 1 is 1.57 bits per heavy atom. The molecule has 0 aromatic carbocycles. The largest absolute Gasteiger partial charge is 0.315 e. The minimum absolute atomic E-state index is 0.775. The molecule has 0 unspecified atom stereocenters. The molecule has 3 nitrogen and oxygen atoms in total.